The van der Waals surface area contributed by atoms with Crippen molar-refractivity contribution in [1.82, 2.24) is 4.57 Å². The number of unbranched alkanes of at least 4 members (excludes halogenated alkanes) is 1. The van der Waals surface area contributed by atoms with Crippen molar-refractivity contribution in [1.29, 1.82) is 0 Å². The average molecular weight is 357 g/mol. The maximum atomic E-state index is 5.69. The highest BCUT2D eigenvalue weighted by Gasteiger charge is 1.99. The van der Waals surface area contributed by atoms with Crippen molar-refractivity contribution in [2.75, 3.05) is 6.61 Å². The molecule has 0 saturated carbocycles. The zero-order valence-corrected chi connectivity index (χ0v) is 12.7. The first-order chi connectivity index (χ1) is 8.74. The van der Waals surface area contributed by atoms with Crippen LogP contribution in [0.1, 0.15) is 12.8 Å². The third-order valence-corrected chi connectivity index (χ3v) is 3.44. The lowest BCUT2D eigenvalue weighted by Crippen LogP contribution is -2.23. The third kappa shape index (κ3) is 4.33. The molecule has 0 aliphatic heterocycles. The van der Waals surface area contributed by atoms with Crippen molar-refractivity contribution < 1.29 is 9.30 Å². The Morgan fingerprint density at radius 3 is 2.67 bits per heavy atom. The molecule has 4 heteroatoms. The molecule has 0 N–H and O–H groups in total. The van der Waals surface area contributed by atoms with Gasteiger partial charge in [0.1, 0.15) is 18.1 Å². The maximum absolute atomic E-state index is 5.69. The fraction of sp³-hybridized carbons (Fsp3) is 0.357. The van der Waals surface area contributed by atoms with Gasteiger partial charge >= 0.3 is 0 Å². The Hall–Kier alpha value is -1.04. The van der Waals surface area contributed by atoms with Crippen LogP contribution in [0.5, 0.6) is 5.75 Å². The van der Waals surface area contributed by atoms with Gasteiger partial charge in [-0.2, -0.15) is 0 Å². The smallest absolute Gasteiger partial charge is 0.243 e. The van der Waals surface area contributed by atoms with Gasteiger partial charge < -0.3 is 4.74 Å². The average Bonchev–Trinajstić information content (AvgIpc) is 2.77. The summed E-state index contributed by atoms with van der Waals surface area (Å²) in [5.41, 5.74) is 0. The highest BCUT2D eigenvalue weighted by Crippen LogP contribution is 2.13. The Balaban J connectivity index is 1.63. The minimum absolute atomic E-state index is 0.786. The second-order valence-corrected chi connectivity index (χ2v) is 5.57. The topological polar surface area (TPSA) is 18.0 Å². The largest absolute Gasteiger partial charge is 0.494 e. The first-order valence-corrected chi connectivity index (χ1v) is 7.21. The number of aromatic nitrogens is 2. The molecular formula is C14H18IN2O+. The molecule has 0 unspecified atom stereocenters. The van der Waals surface area contributed by atoms with E-state index in [-0.39, 0.29) is 0 Å². The summed E-state index contributed by atoms with van der Waals surface area (Å²) >= 11 is 2.30. The minimum Gasteiger partial charge on any atom is -0.494 e. The fourth-order valence-corrected chi connectivity index (χ4v) is 2.11. The van der Waals surface area contributed by atoms with Crippen molar-refractivity contribution in [2.24, 2.45) is 7.05 Å². The van der Waals surface area contributed by atoms with Gasteiger partial charge in [0.2, 0.25) is 6.33 Å². The van der Waals surface area contributed by atoms with Crippen LogP contribution in [0.4, 0.5) is 0 Å². The summed E-state index contributed by atoms with van der Waals surface area (Å²) < 4.78 is 11.2. The standard InChI is InChI=1S/C14H18IN2O/c1-16-9-10-17(12-16)8-2-3-11-18-14-6-4-13(15)5-7-14/h4-7,9-10,12H,2-3,8,11H2,1H3/q+1. The lowest BCUT2D eigenvalue weighted by atomic mass is 10.3. The number of hydrogen-bond donors (Lipinski definition) is 0. The van der Waals surface area contributed by atoms with Crippen molar-refractivity contribution in [2.45, 2.75) is 19.4 Å². The van der Waals surface area contributed by atoms with E-state index >= 15 is 0 Å². The fourth-order valence-electron chi connectivity index (χ4n) is 1.75. The van der Waals surface area contributed by atoms with Gasteiger partial charge in [-0.1, -0.05) is 0 Å². The van der Waals surface area contributed by atoms with Crippen LogP contribution >= 0.6 is 22.6 Å². The van der Waals surface area contributed by atoms with Crippen LogP contribution in [0.15, 0.2) is 43.0 Å². The van der Waals surface area contributed by atoms with E-state index in [2.05, 4.69) is 62.6 Å². The van der Waals surface area contributed by atoms with E-state index in [9.17, 15) is 0 Å². The van der Waals surface area contributed by atoms with Crippen LogP contribution in [0, 0.1) is 3.57 Å². The van der Waals surface area contributed by atoms with Crippen LogP contribution in [0.2, 0.25) is 0 Å². The molecule has 2 aromatic rings. The quantitative estimate of drug-likeness (QED) is 0.442. The Bertz CT molecular complexity index is 479. The van der Waals surface area contributed by atoms with Gasteiger partial charge in [0, 0.05) is 3.57 Å². The van der Waals surface area contributed by atoms with Gasteiger partial charge in [0.05, 0.1) is 20.2 Å². The number of imidazole rings is 1. The van der Waals surface area contributed by atoms with Gasteiger partial charge in [-0.15, -0.1) is 0 Å². The van der Waals surface area contributed by atoms with Crippen molar-refractivity contribution >= 4 is 22.6 Å². The molecule has 0 atom stereocenters. The molecular weight excluding hydrogens is 339 g/mol. The number of halogens is 1. The van der Waals surface area contributed by atoms with Crippen LogP contribution in [0.25, 0.3) is 0 Å². The first kappa shape index (κ1) is 13.4. The number of hydrogen-bond acceptors (Lipinski definition) is 1. The Labute approximate surface area is 122 Å². The van der Waals surface area contributed by atoms with Crippen LogP contribution < -0.4 is 9.30 Å². The van der Waals surface area contributed by atoms with Crippen molar-refractivity contribution in [3.8, 4) is 5.75 Å². The van der Waals surface area contributed by atoms with E-state index < -0.39 is 0 Å². The van der Waals surface area contributed by atoms with Gasteiger partial charge in [0.15, 0.2) is 0 Å². The molecule has 0 saturated heterocycles. The molecule has 18 heavy (non-hydrogen) atoms. The zero-order chi connectivity index (χ0) is 12.8. The molecule has 96 valence electrons. The normalized spacial score (nSPS) is 10.6. The molecule has 1 aromatic carbocycles. The van der Waals surface area contributed by atoms with Gasteiger partial charge in [0.25, 0.3) is 0 Å². The summed E-state index contributed by atoms with van der Waals surface area (Å²) in [5.74, 6) is 0.961. The predicted octanol–water partition coefficient (Wildman–Crippen LogP) is 2.78. The first-order valence-electron chi connectivity index (χ1n) is 6.13. The molecule has 2 rings (SSSR count). The zero-order valence-electron chi connectivity index (χ0n) is 10.6. The molecule has 0 bridgehead atoms. The second kappa shape index (κ2) is 6.78. The Morgan fingerprint density at radius 1 is 1.22 bits per heavy atom. The van der Waals surface area contributed by atoms with Gasteiger partial charge in [-0.05, 0) is 59.7 Å². The Morgan fingerprint density at radius 2 is 2.00 bits per heavy atom. The van der Waals surface area contributed by atoms with Crippen LogP contribution in [-0.2, 0) is 13.6 Å². The molecule has 0 amide bonds. The highest BCUT2D eigenvalue weighted by atomic mass is 127. The summed E-state index contributed by atoms with van der Waals surface area (Å²) in [5, 5.41) is 0. The van der Waals surface area contributed by atoms with E-state index in [1.807, 2.05) is 19.2 Å². The highest BCUT2D eigenvalue weighted by molar-refractivity contribution is 14.1. The molecule has 0 aliphatic rings. The molecule has 1 heterocycles. The lowest BCUT2D eigenvalue weighted by Gasteiger charge is -2.05. The summed E-state index contributed by atoms with van der Waals surface area (Å²) in [6.45, 7) is 1.84. The molecule has 0 aliphatic carbocycles. The molecule has 3 nitrogen and oxygen atoms in total. The predicted molar refractivity (Wildman–Crippen MR) is 79.5 cm³/mol. The van der Waals surface area contributed by atoms with Crippen molar-refractivity contribution in [3.63, 3.8) is 0 Å². The van der Waals surface area contributed by atoms with E-state index in [0.29, 0.717) is 0 Å². The van der Waals surface area contributed by atoms with Crippen LogP contribution in [-0.4, -0.2) is 11.2 Å². The van der Waals surface area contributed by atoms with Gasteiger partial charge in [-0.3, -0.25) is 0 Å². The van der Waals surface area contributed by atoms with E-state index in [1.54, 1.807) is 0 Å². The second-order valence-electron chi connectivity index (χ2n) is 4.33. The number of nitrogens with zero attached hydrogens (tertiary/aromatic N) is 2. The molecule has 1 aromatic heterocycles. The Kier molecular flexibility index (Phi) is 5.04. The number of ether oxygens (including phenoxy) is 1. The minimum atomic E-state index is 0.786. The number of benzene rings is 1. The molecule has 0 radical (unpaired) electrons. The molecule has 0 fully saturated rings. The van der Waals surface area contributed by atoms with Crippen LogP contribution in [0.3, 0.4) is 0 Å². The number of aryl methyl sites for hydroxylation is 2. The maximum Gasteiger partial charge on any atom is 0.243 e. The van der Waals surface area contributed by atoms with E-state index in [4.69, 9.17) is 4.74 Å². The van der Waals surface area contributed by atoms with Gasteiger partial charge in [-0.25, -0.2) is 9.13 Å². The van der Waals surface area contributed by atoms with E-state index in [1.165, 1.54) is 3.57 Å². The summed E-state index contributed by atoms with van der Waals surface area (Å²) in [7, 11) is 2.04. The number of rotatable bonds is 6. The SMILES string of the molecule is C[n+]1ccn(CCCCOc2ccc(I)cc2)c1. The monoisotopic (exact) mass is 357 g/mol. The van der Waals surface area contributed by atoms with E-state index in [0.717, 1.165) is 31.7 Å². The summed E-state index contributed by atoms with van der Waals surface area (Å²) in [6.07, 6.45) is 8.47. The summed E-state index contributed by atoms with van der Waals surface area (Å²) in [4.78, 5) is 0. The third-order valence-electron chi connectivity index (χ3n) is 2.72. The summed E-state index contributed by atoms with van der Waals surface area (Å²) in [6, 6.07) is 8.17. The molecule has 0 spiro atoms. The lowest BCUT2D eigenvalue weighted by molar-refractivity contribution is -0.671. The van der Waals surface area contributed by atoms with Crippen molar-refractivity contribution in [3.05, 3.63) is 46.6 Å².